The van der Waals surface area contributed by atoms with Crippen LogP contribution < -0.4 is 27.0 Å². The van der Waals surface area contributed by atoms with Gasteiger partial charge in [0.05, 0.1) is 41.1 Å². The lowest BCUT2D eigenvalue weighted by molar-refractivity contribution is 0.0255. The quantitative estimate of drug-likeness (QED) is 0.215. The van der Waals surface area contributed by atoms with Gasteiger partial charge in [-0.25, -0.2) is 14.2 Å². The van der Waals surface area contributed by atoms with E-state index in [4.69, 9.17) is 16.2 Å². The Hall–Kier alpha value is -5.36. The van der Waals surface area contributed by atoms with Crippen LogP contribution in [-0.4, -0.2) is 59.0 Å². The van der Waals surface area contributed by atoms with Crippen molar-refractivity contribution >= 4 is 34.8 Å². The summed E-state index contributed by atoms with van der Waals surface area (Å²) in [4.78, 5) is 49.2. The third-order valence-corrected chi connectivity index (χ3v) is 7.18. The van der Waals surface area contributed by atoms with Crippen LogP contribution in [0.2, 0.25) is 0 Å². The van der Waals surface area contributed by atoms with Gasteiger partial charge in [0.15, 0.2) is 5.69 Å². The molecule has 0 saturated carbocycles. The fraction of sp³-hybridized carbons (Fsp3) is 0.242. The normalized spacial score (nSPS) is 16.2. The number of esters is 1. The summed E-state index contributed by atoms with van der Waals surface area (Å²) in [6, 6.07) is 16.9. The molecule has 1 fully saturated rings. The maximum atomic E-state index is 14.9. The summed E-state index contributed by atoms with van der Waals surface area (Å²) < 4.78 is 20.7. The van der Waals surface area contributed by atoms with Crippen molar-refractivity contribution in [3.8, 4) is 11.3 Å². The number of aromatic nitrogens is 2. The topological polar surface area (TPSA) is 166 Å². The average molecular weight is 612 g/mol. The van der Waals surface area contributed by atoms with E-state index in [-0.39, 0.29) is 46.2 Å². The summed E-state index contributed by atoms with van der Waals surface area (Å²) in [5.41, 5.74) is 14.2. The molecular formula is C33H34FN7O4. The number of amides is 2. The Kier molecular flexibility index (Phi) is 9.33. The van der Waals surface area contributed by atoms with E-state index in [2.05, 4.69) is 20.6 Å². The first kappa shape index (κ1) is 31.1. The Labute approximate surface area is 259 Å². The van der Waals surface area contributed by atoms with Crippen molar-refractivity contribution in [2.24, 2.45) is 5.73 Å². The highest BCUT2D eigenvalue weighted by Gasteiger charge is 2.30. The highest BCUT2D eigenvalue weighted by atomic mass is 19.1. The molecule has 45 heavy (non-hydrogen) atoms. The molecule has 2 aromatic carbocycles. The monoisotopic (exact) mass is 611 g/mol. The number of rotatable bonds is 8. The van der Waals surface area contributed by atoms with Crippen LogP contribution in [0, 0.1) is 5.82 Å². The standard InChI is InChI=1S/C33H34FN7O4/c1-19(2)38-31(42)21-8-9-25(34)24(14-21)27-11-10-26(36)30(39-27)32(43)40-28-16-37-13-12-29(28)41-17-22(35)15-23(18-41)45-33(44)20-6-4-3-5-7-20/h3-14,16,19,22-23H,15,17-18,35-36H2,1-2H3,(H,38,42)(H,40,43). The van der Waals surface area contributed by atoms with E-state index in [1.54, 1.807) is 36.5 Å². The van der Waals surface area contributed by atoms with E-state index in [0.29, 0.717) is 36.4 Å². The average Bonchev–Trinajstić information content (AvgIpc) is 3.01. The van der Waals surface area contributed by atoms with Gasteiger partial charge >= 0.3 is 5.97 Å². The number of hydrogen-bond acceptors (Lipinski definition) is 9. The van der Waals surface area contributed by atoms with Crippen molar-refractivity contribution in [1.82, 2.24) is 15.3 Å². The molecule has 1 aliphatic rings. The number of anilines is 3. The number of nitrogens with zero attached hydrogens (tertiary/aromatic N) is 3. The summed E-state index contributed by atoms with van der Waals surface area (Å²) in [5.74, 6) is -2.07. The third-order valence-electron chi connectivity index (χ3n) is 7.18. The first-order chi connectivity index (χ1) is 21.6. The van der Waals surface area contributed by atoms with Gasteiger partial charge in [-0.3, -0.25) is 14.6 Å². The van der Waals surface area contributed by atoms with Crippen molar-refractivity contribution in [3.63, 3.8) is 0 Å². The van der Waals surface area contributed by atoms with Gasteiger partial charge in [0.2, 0.25) is 0 Å². The zero-order valence-electron chi connectivity index (χ0n) is 24.9. The molecule has 0 spiro atoms. The van der Waals surface area contributed by atoms with Crippen molar-refractivity contribution in [2.75, 3.05) is 29.0 Å². The molecule has 2 atom stereocenters. The molecule has 0 bridgehead atoms. The molecule has 11 nitrogen and oxygen atoms in total. The molecule has 1 saturated heterocycles. The number of benzene rings is 2. The summed E-state index contributed by atoms with van der Waals surface area (Å²) in [7, 11) is 0. The molecule has 0 radical (unpaired) electrons. The van der Waals surface area contributed by atoms with Crippen LogP contribution in [0.4, 0.5) is 21.5 Å². The minimum absolute atomic E-state index is 0.0425. The summed E-state index contributed by atoms with van der Waals surface area (Å²) in [6.45, 7) is 4.43. The first-order valence-corrected chi connectivity index (χ1v) is 14.5. The molecule has 2 unspecified atom stereocenters. The van der Waals surface area contributed by atoms with Gasteiger partial charge in [-0.15, -0.1) is 0 Å². The zero-order chi connectivity index (χ0) is 32.1. The number of carbonyl (C=O) groups is 3. The van der Waals surface area contributed by atoms with Gasteiger partial charge < -0.3 is 31.7 Å². The van der Waals surface area contributed by atoms with E-state index >= 15 is 0 Å². The molecule has 232 valence electrons. The summed E-state index contributed by atoms with van der Waals surface area (Å²) >= 11 is 0. The second kappa shape index (κ2) is 13.5. The SMILES string of the molecule is CC(C)NC(=O)c1ccc(F)c(-c2ccc(N)c(C(=O)Nc3cnccc3N3CC(N)CC(OC(=O)c4ccccc4)C3)n2)c1. The zero-order valence-corrected chi connectivity index (χ0v) is 24.9. The van der Waals surface area contributed by atoms with Crippen LogP contribution in [0.5, 0.6) is 0 Å². The van der Waals surface area contributed by atoms with Crippen LogP contribution in [-0.2, 0) is 4.74 Å². The molecule has 3 heterocycles. The lowest BCUT2D eigenvalue weighted by Gasteiger charge is -2.38. The fourth-order valence-electron chi connectivity index (χ4n) is 5.12. The summed E-state index contributed by atoms with van der Waals surface area (Å²) in [5, 5.41) is 5.58. The number of piperidine rings is 1. The van der Waals surface area contributed by atoms with Gasteiger partial charge in [-0.05, 0) is 62.4 Å². The number of nitrogens with two attached hydrogens (primary N) is 2. The van der Waals surface area contributed by atoms with Gasteiger partial charge in [0.25, 0.3) is 11.8 Å². The Bertz CT molecular complexity index is 1720. The predicted molar refractivity (Wildman–Crippen MR) is 169 cm³/mol. The van der Waals surface area contributed by atoms with Crippen molar-refractivity contribution < 1.29 is 23.5 Å². The molecule has 1 aliphatic heterocycles. The molecule has 0 aliphatic carbocycles. The number of nitrogen functional groups attached to an aromatic ring is 1. The van der Waals surface area contributed by atoms with Crippen molar-refractivity contribution in [3.05, 3.63) is 102 Å². The fourth-order valence-corrected chi connectivity index (χ4v) is 5.12. The minimum Gasteiger partial charge on any atom is -0.457 e. The van der Waals surface area contributed by atoms with Gasteiger partial charge in [0.1, 0.15) is 11.9 Å². The van der Waals surface area contributed by atoms with Crippen molar-refractivity contribution in [1.29, 1.82) is 0 Å². The number of nitrogens with one attached hydrogen (secondary N) is 2. The molecule has 12 heteroatoms. The largest absolute Gasteiger partial charge is 0.457 e. The lowest BCUT2D eigenvalue weighted by Crippen LogP contribution is -2.50. The third kappa shape index (κ3) is 7.42. The Morgan fingerprint density at radius 3 is 2.53 bits per heavy atom. The second-order valence-corrected chi connectivity index (χ2v) is 11.1. The Morgan fingerprint density at radius 1 is 1.00 bits per heavy atom. The molecule has 2 aromatic heterocycles. The smallest absolute Gasteiger partial charge is 0.338 e. The van der Waals surface area contributed by atoms with Crippen LogP contribution in [0.1, 0.15) is 51.5 Å². The highest BCUT2D eigenvalue weighted by molar-refractivity contribution is 6.08. The predicted octanol–water partition coefficient (Wildman–Crippen LogP) is 4.02. The number of halogens is 1. The van der Waals surface area contributed by atoms with Crippen LogP contribution in [0.25, 0.3) is 11.3 Å². The number of ether oxygens (including phenoxy) is 1. The van der Waals surface area contributed by atoms with Crippen LogP contribution >= 0.6 is 0 Å². The Balaban J connectivity index is 1.36. The molecule has 4 aromatic rings. The number of carbonyl (C=O) groups excluding carboxylic acids is 3. The van der Waals surface area contributed by atoms with Gasteiger partial charge in [0, 0.05) is 42.4 Å². The molecular weight excluding hydrogens is 577 g/mol. The number of pyridine rings is 2. The minimum atomic E-state index is -0.647. The maximum absolute atomic E-state index is 14.9. The maximum Gasteiger partial charge on any atom is 0.338 e. The molecule has 5 rings (SSSR count). The van der Waals surface area contributed by atoms with E-state index in [9.17, 15) is 18.8 Å². The second-order valence-electron chi connectivity index (χ2n) is 11.1. The van der Waals surface area contributed by atoms with E-state index in [1.807, 2.05) is 24.8 Å². The van der Waals surface area contributed by atoms with E-state index < -0.39 is 23.8 Å². The molecule has 2 amide bonds. The Morgan fingerprint density at radius 2 is 1.78 bits per heavy atom. The van der Waals surface area contributed by atoms with Crippen LogP contribution in [0.3, 0.4) is 0 Å². The van der Waals surface area contributed by atoms with Gasteiger partial charge in [-0.1, -0.05) is 18.2 Å². The van der Waals surface area contributed by atoms with E-state index in [0.717, 1.165) is 0 Å². The first-order valence-electron chi connectivity index (χ1n) is 14.5. The molecule has 6 N–H and O–H groups in total. The van der Waals surface area contributed by atoms with Crippen molar-refractivity contribution in [2.45, 2.75) is 38.5 Å². The number of hydrogen-bond donors (Lipinski definition) is 4. The van der Waals surface area contributed by atoms with Gasteiger partial charge in [-0.2, -0.15) is 0 Å². The highest BCUT2D eigenvalue weighted by Crippen LogP contribution is 2.30. The van der Waals surface area contributed by atoms with E-state index in [1.165, 1.54) is 36.5 Å². The summed E-state index contributed by atoms with van der Waals surface area (Å²) in [6.07, 6.45) is 3.05. The van der Waals surface area contributed by atoms with Crippen LogP contribution in [0.15, 0.2) is 79.1 Å². The lowest BCUT2D eigenvalue weighted by atomic mass is 10.0.